The van der Waals surface area contributed by atoms with E-state index in [1.807, 2.05) is 0 Å². The van der Waals surface area contributed by atoms with Gasteiger partial charge in [0.2, 0.25) is 0 Å². The molecular weight excluding hydrogens is 266 g/mol. The van der Waals surface area contributed by atoms with Gasteiger partial charge in [0, 0.05) is 18.3 Å². The van der Waals surface area contributed by atoms with Crippen LogP contribution in [0.2, 0.25) is 0 Å². The van der Waals surface area contributed by atoms with E-state index < -0.39 is 11.5 Å². The molecule has 6 nitrogen and oxygen atoms in total. The van der Waals surface area contributed by atoms with Crippen molar-refractivity contribution in [3.63, 3.8) is 0 Å². The number of aromatic nitrogens is 1. The Kier molecular flexibility index (Phi) is 3.86. The topological polar surface area (TPSA) is 96.5 Å². The van der Waals surface area contributed by atoms with Crippen LogP contribution >= 0.6 is 11.3 Å². The molecule has 0 spiro atoms. The second kappa shape index (κ2) is 5.26. The summed E-state index contributed by atoms with van der Waals surface area (Å²) in [6.45, 7) is 2.54. The molecule has 0 radical (unpaired) electrons. The van der Waals surface area contributed by atoms with Crippen LogP contribution in [0.5, 0.6) is 0 Å². The molecule has 1 fully saturated rings. The van der Waals surface area contributed by atoms with Gasteiger partial charge < -0.3 is 15.7 Å². The first-order chi connectivity index (χ1) is 8.99. The van der Waals surface area contributed by atoms with E-state index in [1.54, 1.807) is 12.3 Å². The van der Waals surface area contributed by atoms with Gasteiger partial charge in [0.05, 0.1) is 5.01 Å². The Morgan fingerprint density at radius 3 is 3.00 bits per heavy atom. The number of carboxylic acids is 1. The highest BCUT2D eigenvalue weighted by atomic mass is 32.1. The molecule has 1 atom stereocenters. The molecule has 1 amide bonds. The molecule has 0 aliphatic carbocycles. The number of rotatable bonds is 4. The minimum Gasteiger partial charge on any atom is -0.480 e. The minimum atomic E-state index is -1.12. The lowest BCUT2D eigenvalue weighted by atomic mass is 9.99. The molecule has 0 aromatic carbocycles. The van der Waals surface area contributed by atoms with Crippen molar-refractivity contribution in [3.8, 4) is 0 Å². The van der Waals surface area contributed by atoms with E-state index in [0.29, 0.717) is 38.0 Å². The van der Waals surface area contributed by atoms with E-state index in [0.717, 1.165) is 5.01 Å². The van der Waals surface area contributed by atoms with Gasteiger partial charge in [-0.3, -0.25) is 4.79 Å². The third-order valence-corrected chi connectivity index (χ3v) is 4.38. The molecule has 1 unspecified atom stereocenters. The SMILES string of the molecule is CC1(C(=O)O)CCCN1C(=O)c1csc(CCN)n1. The average Bonchev–Trinajstić information content (AvgIpc) is 2.96. The zero-order valence-corrected chi connectivity index (χ0v) is 11.6. The van der Waals surface area contributed by atoms with Gasteiger partial charge in [0.1, 0.15) is 11.2 Å². The lowest BCUT2D eigenvalue weighted by molar-refractivity contribution is -0.147. The van der Waals surface area contributed by atoms with Crippen molar-refractivity contribution in [1.29, 1.82) is 0 Å². The van der Waals surface area contributed by atoms with Gasteiger partial charge in [0.25, 0.3) is 5.91 Å². The number of likely N-dealkylation sites (tertiary alicyclic amines) is 1. The molecule has 1 aromatic rings. The number of carbonyl (C=O) groups excluding carboxylic acids is 1. The number of hydrogen-bond donors (Lipinski definition) is 2. The number of thiazole rings is 1. The molecule has 2 rings (SSSR count). The fourth-order valence-electron chi connectivity index (χ4n) is 2.30. The summed E-state index contributed by atoms with van der Waals surface area (Å²) >= 11 is 1.38. The van der Waals surface area contributed by atoms with Crippen molar-refractivity contribution in [2.75, 3.05) is 13.1 Å². The lowest BCUT2D eigenvalue weighted by Gasteiger charge is -2.30. The van der Waals surface area contributed by atoms with Crippen molar-refractivity contribution in [3.05, 3.63) is 16.1 Å². The normalized spacial score (nSPS) is 22.7. The average molecular weight is 283 g/mol. The van der Waals surface area contributed by atoms with Crippen LogP contribution < -0.4 is 5.73 Å². The molecule has 1 aromatic heterocycles. The van der Waals surface area contributed by atoms with E-state index in [1.165, 1.54) is 16.2 Å². The summed E-state index contributed by atoms with van der Waals surface area (Å²) in [6, 6.07) is 0. The van der Waals surface area contributed by atoms with E-state index in [4.69, 9.17) is 5.73 Å². The number of aliphatic carboxylic acids is 1. The maximum absolute atomic E-state index is 12.4. The monoisotopic (exact) mass is 283 g/mol. The largest absolute Gasteiger partial charge is 0.480 e. The van der Waals surface area contributed by atoms with Gasteiger partial charge in [-0.15, -0.1) is 11.3 Å². The van der Waals surface area contributed by atoms with Crippen molar-refractivity contribution < 1.29 is 14.7 Å². The summed E-state index contributed by atoms with van der Waals surface area (Å²) in [4.78, 5) is 29.3. The predicted molar refractivity (Wildman–Crippen MR) is 71.2 cm³/mol. The Morgan fingerprint density at radius 1 is 1.63 bits per heavy atom. The third-order valence-electron chi connectivity index (χ3n) is 3.48. The molecule has 1 aliphatic heterocycles. The van der Waals surface area contributed by atoms with Crippen molar-refractivity contribution in [1.82, 2.24) is 9.88 Å². The zero-order valence-electron chi connectivity index (χ0n) is 10.8. The first-order valence-corrected chi connectivity index (χ1v) is 7.07. The highest BCUT2D eigenvalue weighted by Gasteiger charge is 2.46. The second-order valence-corrected chi connectivity index (χ2v) is 5.75. The molecule has 7 heteroatoms. The Hall–Kier alpha value is -1.47. The summed E-state index contributed by atoms with van der Waals surface area (Å²) in [5.41, 5.74) is 4.65. The van der Waals surface area contributed by atoms with Crippen LogP contribution in [0.1, 0.15) is 35.3 Å². The van der Waals surface area contributed by atoms with Crippen LogP contribution in [0.15, 0.2) is 5.38 Å². The van der Waals surface area contributed by atoms with Gasteiger partial charge in [0.15, 0.2) is 0 Å². The third kappa shape index (κ3) is 2.48. The standard InChI is InChI=1S/C12H17N3O3S/c1-12(11(17)18)4-2-6-15(12)10(16)8-7-19-9(14-8)3-5-13/h7H,2-6,13H2,1H3,(H,17,18). The summed E-state index contributed by atoms with van der Waals surface area (Å²) in [5, 5.41) is 11.8. The summed E-state index contributed by atoms with van der Waals surface area (Å²) in [7, 11) is 0. The predicted octanol–water partition coefficient (Wildman–Crippen LogP) is 0.724. The van der Waals surface area contributed by atoms with Crippen LogP contribution in [-0.4, -0.2) is 45.5 Å². The van der Waals surface area contributed by atoms with E-state index >= 15 is 0 Å². The number of carboxylic acid groups (broad SMARTS) is 1. The molecule has 1 saturated heterocycles. The number of carbonyl (C=O) groups is 2. The highest BCUT2D eigenvalue weighted by Crippen LogP contribution is 2.30. The first-order valence-electron chi connectivity index (χ1n) is 6.19. The fraction of sp³-hybridized carbons (Fsp3) is 0.583. The molecule has 19 heavy (non-hydrogen) atoms. The number of amides is 1. The molecule has 2 heterocycles. The summed E-state index contributed by atoms with van der Waals surface area (Å²) in [6.07, 6.45) is 1.82. The molecule has 1 aliphatic rings. The Labute approximate surface area is 115 Å². The van der Waals surface area contributed by atoms with Gasteiger partial charge in [-0.1, -0.05) is 0 Å². The van der Waals surface area contributed by atoms with Crippen molar-refractivity contribution in [2.24, 2.45) is 5.73 Å². The van der Waals surface area contributed by atoms with Gasteiger partial charge in [-0.05, 0) is 26.3 Å². The Balaban J connectivity index is 2.20. The number of nitrogens with zero attached hydrogens (tertiary/aromatic N) is 2. The fourth-order valence-corrected chi connectivity index (χ4v) is 3.08. The Bertz CT molecular complexity index is 502. The number of nitrogens with two attached hydrogens (primary N) is 1. The lowest BCUT2D eigenvalue weighted by Crippen LogP contribution is -2.50. The smallest absolute Gasteiger partial charge is 0.329 e. The summed E-state index contributed by atoms with van der Waals surface area (Å²) in [5.74, 6) is -1.27. The van der Waals surface area contributed by atoms with Crippen LogP contribution in [0.4, 0.5) is 0 Å². The van der Waals surface area contributed by atoms with E-state index in [9.17, 15) is 14.7 Å². The van der Waals surface area contributed by atoms with Crippen molar-refractivity contribution in [2.45, 2.75) is 31.7 Å². The summed E-state index contributed by atoms with van der Waals surface area (Å²) < 4.78 is 0. The maximum atomic E-state index is 12.4. The van der Waals surface area contributed by atoms with Crippen LogP contribution in [0.25, 0.3) is 0 Å². The van der Waals surface area contributed by atoms with E-state index in [-0.39, 0.29) is 5.91 Å². The molecule has 0 bridgehead atoms. The van der Waals surface area contributed by atoms with Gasteiger partial charge in [-0.25, -0.2) is 9.78 Å². The molecular formula is C12H17N3O3S. The molecule has 0 saturated carbocycles. The van der Waals surface area contributed by atoms with Gasteiger partial charge in [-0.2, -0.15) is 0 Å². The number of hydrogen-bond acceptors (Lipinski definition) is 5. The minimum absolute atomic E-state index is 0.304. The van der Waals surface area contributed by atoms with Crippen molar-refractivity contribution >= 4 is 23.2 Å². The maximum Gasteiger partial charge on any atom is 0.329 e. The highest BCUT2D eigenvalue weighted by molar-refractivity contribution is 7.09. The van der Waals surface area contributed by atoms with Gasteiger partial charge >= 0.3 is 5.97 Å². The first kappa shape index (κ1) is 14.0. The Morgan fingerprint density at radius 2 is 2.37 bits per heavy atom. The quantitative estimate of drug-likeness (QED) is 0.849. The van der Waals surface area contributed by atoms with Crippen LogP contribution in [-0.2, 0) is 11.2 Å². The van der Waals surface area contributed by atoms with Crippen LogP contribution in [0, 0.1) is 0 Å². The second-order valence-electron chi connectivity index (χ2n) is 4.80. The molecule has 3 N–H and O–H groups in total. The van der Waals surface area contributed by atoms with E-state index in [2.05, 4.69) is 4.98 Å². The zero-order chi connectivity index (χ0) is 14.0. The van der Waals surface area contributed by atoms with Crippen LogP contribution in [0.3, 0.4) is 0 Å². The molecule has 104 valence electrons.